The zero-order valence-electron chi connectivity index (χ0n) is 36.2. The second kappa shape index (κ2) is 25.0. The summed E-state index contributed by atoms with van der Waals surface area (Å²) in [6, 6.07) is 9.49. The first-order valence-corrected chi connectivity index (χ1v) is 22.0. The number of amides is 7. The van der Waals surface area contributed by atoms with Crippen LogP contribution in [0.25, 0.3) is 0 Å². The maximum absolute atomic E-state index is 14.5. The highest BCUT2D eigenvalue weighted by atomic mass is 32.1. The van der Waals surface area contributed by atoms with Crippen LogP contribution in [0.5, 0.6) is 11.5 Å². The number of fused-ring (bicyclic) bond motifs is 14. The van der Waals surface area contributed by atoms with Crippen molar-refractivity contribution in [2.45, 2.75) is 101 Å². The number of phenols is 2. The minimum atomic E-state index is -1.48. The number of benzene rings is 3. The zero-order valence-corrected chi connectivity index (χ0v) is 37.1. The van der Waals surface area contributed by atoms with Gasteiger partial charge < -0.3 is 58.3 Å². The van der Waals surface area contributed by atoms with Gasteiger partial charge in [-0.2, -0.15) is 12.6 Å². The van der Waals surface area contributed by atoms with Gasteiger partial charge in [0.15, 0.2) is 0 Å². The average molecular weight is 919 g/mol. The van der Waals surface area contributed by atoms with Crippen LogP contribution in [-0.4, -0.2) is 105 Å². The normalized spacial score (nSPS) is 18.9. The van der Waals surface area contributed by atoms with Gasteiger partial charge in [0.1, 0.15) is 47.8 Å². The van der Waals surface area contributed by atoms with Gasteiger partial charge >= 0.3 is 5.97 Å². The molecule has 20 heteroatoms. The van der Waals surface area contributed by atoms with Crippen LogP contribution in [-0.2, 0) is 51.2 Å². The van der Waals surface area contributed by atoms with E-state index in [1.807, 2.05) is 0 Å². The van der Waals surface area contributed by atoms with Crippen LogP contribution in [0.2, 0.25) is 0 Å². The Morgan fingerprint density at radius 3 is 1.83 bits per heavy atom. The first-order chi connectivity index (χ1) is 31.0. The van der Waals surface area contributed by atoms with Crippen LogP contribution in [0.15, 0.2) is 72.8 Å². The molecule has 65 heavy (non-hydrogen) atoms. The lowest BCUT2D eigenvalue weighted by Gasteiger charge is -2.29. The standard InChI is InChI=1S/C45H58N8O11S/c1-3-25(2)38-43(61)53-39(28-11-13-29(14-12-28)47-36(56)19-20-37(57)48-35(24-65)42(60)52-38)44(62)49-32(6-4-5-21-46)40(58)50-33(22-26-7-15-30(54)16-8-26)41(59)51-34(45(63)64)23-27-9-17-31(55)18-10-27/h7-18,25,32-35,38-39,54-55,65H,3-6,19-24,46H2,1-2H3,(H,47,56)(H,48,57)(H,49,62)(H,50,58)(H,51,59)(H,52,60)(H,53,61)(H,63,64). The molecule has 0 spiro atoms. The van der Waals surface area contributed by atoms with Crippen LogP contribution in [0, 0.1) is 5.92 Å². The molecule has 12 N–H and O–H groups in total. The molecule has 0 radical (unpaired) electrons. The molecule has 350 valence electrons. The summed E-state index contributed by atoms with van der Waals surface area (Å²) in [5, 5.41) is 48.1. The van der Waals surface area contributed by atoms with E-state index in [-0.39, 0.29) is 61.5 Å². The van der Waals surface area contributed by atoms with Gasteiger partial charge in [0, 0.05) is 37.1 Å². The SMILES string of the molecule is CCC(C)C1NC(=O)C(CS)NC(=O)CCC(=O)Nc2ccc(cc2)C(C(=O)NC(CCCCN)C(=O)NC(Cc2ccc(O)cc2)C(=O)NC(Cc2ccc(O)cc2)C(=O)O)NC1=O. The third-order valence-corrected chi connectivity index (χ3v) is 11.2. The summed E-state index contributed by atoms with van der Waals surface area (Å²) in [6.07, 6.45) is 0.476. The fraction of sp³-hybridized carbons (Fsp3) is 0.422. The van der Waals surface area contributed by atoms with E-state index in [0.29, 0.717) is 36.1 Å². The van der Waals surface area contributed by atoms with Crippen molar-refractivity contribution in [3.05, 3.63) is 89.5 Å². The summed E-state index contributed by atoms with van der Waals surface area (Å²) in [5.41, 5.74) is 7.31. The summed E-state index contributed by atoms with van der Waals surface area (Å²) < 4.78 is 0. The number of unbranched alkanes of at least 4 members (excludes halogenated alkanes) is 1. The number of thiol groups is 1. The molecule has 2 aliphatic heterocycles. The van der Waals surface area contributed by atoms with Crippen molar-refractivity contribution in [2.75, 3.05) is 17.6 Å². The van der Waals surface area contributed by atoms with E-state index in [1.165, 1.54) is 72.8 Å². The number of nitrogens with one attached hydrogen (secondary N) is 7. The number of rotatable bonds is 18. The van der Waals surface area contributed by atoms with Crippen LogP contribution < -0.4 is 43.0 Å². The second-order valence-electron chi connectivity index (χ2n) is 15.8. The molecule has 7 amide bonds. The number of hydrogen-bond donors (Lipinski definition) is 12. The number of aliphatic carboxylic acids is 1. The molecule has 7 atom stereocenters. The van der Waals surface area contributed by atoms with Gasteiger partial charge in [-0.05, 0) is 84.8 Å². The molecule has 5 rings (SSSR count). The number of carboxylic acids is 1. The topological polar surface area (TPSA) is 307 Å². The fourth-order valence-corrected chi connectivity index (χ4v) is 7.12. The molecule has 2 bridgehead atoms. The van der Waals surface area contributed by atoms with Crippen LogP contribution in [0.1, 0.15) is 75.1 Å². The molecule has 2 aliphatic rings. The Morgan fingerprint density at radius 1 is 0.723 bits per heavy atom. The van der Waals surface area contributed by atoms with Gasteiger partial charge in [-0.1, -0.05) is 56.7 Å². The number of nitrogens with two attached hydrogens (primary N) is 1. The Hall–Kier alpha value is -6.67. The second-order valence-corrected chi connectivity index (χ2v) is 16.2. The minimum Gasteiger partial charge on any atom is -0.508 e. The van der Waals surface area contributed by atoms with Gasteiger partial charge in [-0.25, -0.2) is 4.79 Å². The summed E-state index contributed by atoms with van der Waals surface area (Å²) in [7, 11) is 0. The van der Waals surface area contributed by atoms with E-state index < -0.39 is 89.5 Å². The zero-order chi connectivity index (χ0) is 47.6. The highest BCUT2D eigenvalue weighted by Crippen LogP contribution is 2.21. The monoisotopic (exact) mass is 918 g/mol. The molecular formula is C45H58N8O11S. The van der Waals surface area contributed by atoms with Crippen molar-refractivity contribution in [1.29, 1.82) is 0 Å². The number of aromatic hydroxyl groups is 2. The van der Waals surface area contributed by atoms with Crippen molar-refractivity contribution in [3.63, 3.8) is 0 Å². The fourth-order valence-electron chi connectivity index (χ4n) is 6.86. The lowest BCUT2D eigenvalue weighted by atomic mass is 9.96. The molecule has 19 nitrogen and oxygen atoms in total. The minimum absolute atomic E-state index is 0.0228. The van der Waals surface area contributed by atoms with Crippen molar-refractivity contribution in [1.82, 2.24) is 31.9 Å². The van der Waals surface area contributed by atoms with Crippen molar-refractivity contribution >= 4 is 65.6 Å². The molecule has 2 heterocycles. The molecule has 0 aromatic heterocycles. The van der Waals surface area contributed by atoms with Gasteiger partial charge in [0.25, 0.3) is 0 Å². The maximum atomic E-state index is 14.5. The smallest absolute Gasteiger partial charge is 0.326 e. The Balaban J connectivity index is 1.68. The number of hydrogen-bond acceptors (Lipinski definition) is 12. The Morgan fingerprint density at radius 2 is 1.28 bits per heavy atom. The largest absolute Gasteiger partial charge is 0.508 e. The quantitative estimate of drug-likeness (QED) is 0.0485. The van der Waals surface area contributed by atoms with Gasteiger partial charge in [-0.3, -0.25) is 33.6 Å². The van der Waals surface area contributed by atoms with Gasteiger partial charge in [-0.15, -0.1) is 0 Å². The number of carboxylic acid groups (broad SMARTS) is 1. The van der Waals surface area contributed by atoms with Crippen LogP contribution in [0.4, 0.5) is 5.69 Å². The predicted molar refractivity (Wildman–Crippen MR) is 242 cm³/mol. The lowest BCUT2D eigenvalue weighted by Crippen LogP contribution is -2.59. The van der Waals surface area contributed by atoms with E-state index >= 15 is 0 Å². The van der Waals surface area contributed by atoms with E-state index in [1.54, 1.807) is 13.8 Å². The molecular weight excluding hydrogens is 861 g/mol. The predicted octanol–water partition coefficient (Wildman–Crippen LogP) is 1.09. The number of carbonyl (C=O) groups is 8. The molecule has 0 fully saturated rings. The molecule has 0 saturated heterocycles. The van der Waals surface area contributed by atoms with Crippen LogP contribution in [0.3, 0.4) is 0 Å². The first-order valence-electron chi connectivity index (χ1n) is 21.3. The first kappa shape index (κ1) is 51.0. The number of carbonyl (C=O) groups excluding carboxylic acids is 7. The molecule has 7 unspecified atom stereocenters. The highest BCUT2D eigenvalue weighted by Gasteiger charge is 2.35. The molecule has 3 aromatic carbocycles. The van der Waals surface area contributed by atoms with Crippen molar-refractivity contribution < 1.29 is 53.7 Å². The summed E-state index contributed by atoms with van der Waals surface area (Å²) >= 11 is 4.21. The number of anilines is 1. The van der Waals surface area contributed by atoms with Gasteiger partial charge in [0.2, 0.25) is 41.4 Å². The molecule has 3 aromatic rings. The van der Waals surface area contributed by atoms with E-state index in [9.17, 15) is 53.7 Å². The van der Waals surface area contributed by atoms with E-state index in [4.69, 9.17) is 5.73 Å². The maximum Gasteiger partial charge on any atom is 0.326 e. The molecule has 0 saturated carbocycles. The van der Waals surface area contributed by atoms with Crippen LogP contribution >= 0.6 is 12.6 Å². The summed E-state index contributed by atoms with van der Waals surface area (Å²) in [4.78, 5) is 108. The van der Waals surface area contributed by atoms with Crippen molar-refractivity contribution in [3.8, 4) is 11.5 Å². The number of phenolic OH excluding ortho intramolecular Hbond substituents is 2. The Kier molecular flexibility index (Phi) is 19.6. The Labute approximate surface area is 381 Å². The van der Waals surface area contributed by atoms with E-state index in [0.717, 1.165) is 0 Å². The van der Waals surface area contributed by atoms with Gasteiger partial charge in [0.05, 0.1) is 0 Å². The summed E-state index contributed by atoms with van der Waals surface area (Å²) in [6.45, 7) is 3.78. The van der Waals surface area contributed by atoms with E-state index in [2.05, 4.69) is 49.8 Å². The summed E-state index contributed by atoms with van der Waals surface area (Å²) in [5.74, 6) is -7.14. The third kappa shape index (κ3) is 15.8. The third-order valence-electron chi connectivity index (χ3n) is 10.9. The lowest BCUT2D eigenvalue weighted by molar-refractivity contribution is -0.142. The average Bonchev–Trinajstić information content (AvgIpc) is 3.28. The highest BCUT2D eigenvalue weighted by molar-refractivity contribution is 7.80. The molecule has 0 aliphatic carbocycles. The van der Waals surface area contributed by atoms with Crippen molar-refractivity contribution in [2.24, 2.45) is 11.7 Å². The Bertz CT molecular complexity index is 2140.